The minimum atomic E-state index is -0.271. The summed E-state index contributed by atoms with van der Waals surface area (Å²) in [5.74, 6) is -0.237. The molecule has 1 aliphatic heterocycles. The molecule has 0 spiro atoms. The van der Waals surface area contributed by atoms with Gasteiger partial charge in [0.2, 0.25) is 0 Å². The van der Waals surface area contributed by atoms with Crippen molar-refractivity contribution in [2.24, 2.45) is 10.5 Å². The number of azide groups is 1. The SMILES string of the molecule is COC(=O)C1CC(N=[N+]=[N-])CN1CCC(C)(C)C. The Balaban J connectivity index is 2.66. The molecule has 0 aromatic carbocycles. The van der Waals surface area contributed by atoms with Gasteiger partial charge in [-0.15, -0.1) is 0 Å². The van der Waals surface area contributed by atoms with Gasteiger partial charge in [0.25, 0.3) is 0 Å². The van der Waals surface area contributed by atoms with Gasteiger partial charge in [-0.3, -0.25) is 9.69 Å². The van der Waals surface area contributed by atoms with Gasteiger partial charge in [0.1, 0.15) is 6.04 Å². The van der Waals surface area contributed by atoms with E-state index in [0.29, 0.717) is 13.0 Å². The van der Waals surface area contributed by atoms with Crippen molar-refractivity contribution in [3.63, 3.8) is 0 Å². The number of carbonyl (C=O) groups excluding carboxylic acids is 1. The smallest absolute Gasteiger partial charge is 0.323 e. The first-order valence-corrected chi connectivity index (χ1v) is 6.23. The summed E-state index contributed by atoms with van der Waals surface area (Å²) < 4.78 is 4.81. The van der Waals surface area contributed by atoms with Crippen molar-refractivity contribution in [3.05, 3.63) is 10.4 Å². The Labute approximate surface area is 108 Å². The lowest BCUT2D eigenvalue weighted by Crippen LogP contribution is -2.38. The van der Waals surface area contributed by atoms with Crippen LogP contribution in [0.2, 0.25) is 0 Å². The van der Waals surface area contributed by atoms with Crippen molar-refractivity contribution in [1.29, 1.82) is 0 Å². The van der Waals surface area contributed by atoms with Gasteiger partial charge in [-0.25, -0.2) is 0 Å². The number of hydrogen-bond donors (Lipinski definition) is 0. The quantitative estimate of drug-likeness (QED) is 0.334. The third-order valence-electron chi connectivity index (χ3n) is 3.22. The van der Waals surface area contributed by atoms with Crippen LogP contribution < -0.4 is 0 Å². The van der Waals surface area contributed by atoms with Crippen LogP contribution in [0.1, 0.15) is 33.6 Å². The van der Waals surface area contributed by atoms with Crippen molar-refractivity contribution in [2.45, 2.75) is 45.7 Å². The summed E-state index contributed by atoms with van der Waals surface area (Å²) in [5, 5.41) is 3.72. The van der Waals surface area contributed by atoms with Crippen LogP contribution in [0, 0.1) is 5.41 Å². The summed E-state index contributed by atoms with van der Waals surface area (Å²) in [6, 6.07) is -0.396. The van der Waals surface area contributed by atoms with Gasteiger partial charge in [-0.2, -0.15) is 0 Å². The van der Waals surface area contributed by atoms with E-state index in [0.717, 1.165) is 13.0 Å². The summed E-state index contributed by atoms with van der Waals surface area (Å²) in [6.45, 7) is 7.96. The molecule has 6 nitrogen and oxygen atoms in total. The Bertz CT molecular complexity index is 344. The van der Waals surface area contributed by atoms with E-state index in [2.05, 4.69) is 35.7 Å². The largest absolute Gasteiger partial charge is 0.468 e. The molecule has 1 fully saturated rings. The highest BCUT2D eigenvalue weighted by Crippen LogP contribution is 2.25. The number of ether oxygens (including phenoxy) is 1. The summed E-state index contributed by atoms with van der Waals surface area (Å²) in [4.78, 5) is 16.6. The predicted molar refractivity (Wildman–Crippen MR) is 69.0 cm³/mol. The number of likely N-dealkylation sites (tertiary alicyclic amines) is 1. The van der Waals surface area contributed by atoms with Crippen molar-refractivity contribution in [2.75, 3.05) is 20.2 Å². The monoisotopic (exact) mass is 254 g/mol. The van der Waals surface area contributed by atoms with Crippen LogP contribution in [0.15, 0.2) is 5.11 Å². The molecular weight excluding hydrogens is 232 g/mol. The summed E-state index contributed by atoms with van der Waals surface area (Å²) in [5.41, 5.74) is 8.70. The first kappa shape index (κ1) is 14.8. The van der Waals surface area contributed by atoms with E-state index >= 15 is 0 Å². The van der Waals surface area contributed by atoms with Gasteiger partial charge in [0.15, 0.2) is 0 Å². The predicted octanol–water partition coefficient (Wildman–Crippen LogP) is 2.35. The van der Waals surface area contributed by atoms with Gasteiger partial charge in [0.05, 0.1) is 13.2 Å². The molecule has 1 aliphatic rings. The molecule has 0 saturated carbocycles. The summed E-state index contributed by atoms with van der Waals surface area (Å²) in [7, 11) is 1.39. The maximum atomic E-state index is 11.7. The molecule has 1 rings (SSSR count). The Morgan fingerprint density at radius 3 is 2.72 bits per heavy atom. The summed E-state index contributed by atoms with van der Waals surface area (Å²) in [6.07, 6.45) is 1.55. The number of hydrogen-bond acceptors (Lipinski definition) is 4. The molecule has 0 aromatic heterocycles. The van der Waals surface area contributed by atoms with Crippen LogP contribution in [0.5, 0.6) is 0 Å². The van der Waals surface area contributed by atoms with Gasteiger partial charge >= 0.3 is 5.97 Å². The standard InChI is InChI=1S/C12H22N4O2/c1-12(2,3)5-6-16-8-9(14-15-13)7-10(16)11(17)18-4/h9-10H,5-8H2,1-4H3. The third kappa shape index (κ3) is 4.20. The Morgan fingerprint density at radius 1 is 1.56 bits per heavy atom. The number of esters is 1. The van der Waals surface area contributed by atoms with Gasteiger partial charge in [-0.05, 0) is 30.3 Å². The van der Waals surface area contributed by atoms with Crippen molar-refractivity contribution < 1.29 is 9.53 Å². The van der Waals surface area contributed by atoms with Gasteiger partial charge in [0, 0.05) is 11.5 Å². The molecule has 2 unspecified atom stereocenters. The molecule has 0 bridgehead atoms. The molecule has 0 aliphatic carbocycles. The molecule has 0 aromatic rings. The molecule has 1 saturated heterocycles. The fourth-order valence-corrected chi connectivity index (χ4v) is 2.14. The first-order chi connectivity index (χ1) is 8.37. The molecule has 0 radical (unpaired) electrons. The third-order valence-corrected chi connectivity index (χ3v) is 3.22. The Hall–Kier alpha value is -1.26. The molecule has 6 heteroatoms. The van der Waals surface area contributed by atoms with E-state index in [1.165, 1.54) is 7.11 Å². The van der Waals surface area contributed by atoms with Crippen LogP contribution >= 0.6 is 0 Å². The van der Waals surface area contributed by atoms with Crippen LogP contribution in [0.4, 0.5) is 0 Å². The van der Waals surface area contributed by atoms with E-state index < -0.39 is 0 Å². The topological polar surface area (TPSA) is 78.3 Å². The number of rotatable bonds is 4. The van der Waals surface area contributed by atoms with E-state index in [-0.39, 0.29) is 23.5 Å². The zero-order valence-corrected chi connectivity index (χ0v) is 11.6. The molecule has 0 amide bonds. The van der Waals surface area contributed by atoms with Crippen molar-refractivity contribution in [3.8, 4) is 0 Å². The lowest BCUT2D eigenvalue weighted by atomic mass is 9.92. The number of carbonyl (C=O) groups is 1. The normalized spacial score (nSPS) is 24.7. The molecule has 102 valence electrons. The second-order valence-corrected chi connectivity index (χ2v) is 5.94. The Morgan fingerprint density at radius 2 is 2.22 bits per heavy atom. The minimum absolute atomic E-state index is 0.126. The highest BCUT2D eigenvalue weighted by Gasteiger charge is 2.37. The second kappa shape index (κ2) is 6.07. The highest BCUT2D eigenvalue weighted by atomic mass is 16.5. The van der Waals surface area contributed by atoms with Crippen molar-refractivity contribution in [1.82, 2.24) is 4.90 Å². The van der Waals surface area contributed by atoms with Crippen LogP contribution in [0.25, 0.3) is 10.4 Å². The average Bonchev–Trinajstić information content (AvgIpc) is 2.68. The van der Waals surface area contributed by atoms with E-state index in [4.69, 9.17) is 10.3 Å². The van der Waals surface area contributed by atoms with Gasteiger partial charge in [-0.1, -0.05) is 25.9 Å². The molecule has 18 heavy (non-hydrogen) atoms. The highest BCUT2D eigenvalue weighted by molar-refractivity contribution is 5.76. The fourth-order valence-electron chi connectivity index (χ4n) is 2.14. The lowest BCUT2D eigenvalue weighted by molar-refractivity contribution is -0.145. The van der Waals surface area contributed by atoms with E-state index in [1.54, 1.807) is 0 Å². The summed E-state index contributed by atoms with van der Waals surface area (Å²) >= 11 is 0. The van der Waals surface area contributed by atoms with Crippen LogP contribution in [-0.2, 0) is 9.53 Å². The van der Waals surface area contributed by atoms with E-state index in [9.17, 15) is 4.79 Å². The lowest BCUT2D eigenvalue weighted by Gasteiger charge is -2.26. The first-order valence-electron chi connectivity index (χ1n) is 6.23. The van der Waals surface area contributed by atoms with Crippen LogP contribution in [0.3, 0.4) is 0 Å². The van der Waals surface area contributed by atoms with Gasteiger partial charge < -0.3 is 4.74 Å². The molecular formula is C12H22N4O2. The fraction of sp³-hybridized carbons (Fsp3) is 0.917. The minimum Gasteiger partial charge on any atom is -0.468 e. The number of methoxy groups -OCH3 is 1. The molecule has 2 atom stereocenters. The maximum absolute atomic E-state index is 11.7. The van der Waals surface area contributed by atoms with E-state index in [1.807, 2.05) is 0 Å². The average molecular weight is 254 g/mol. The number of nitrogens with zero attached hydrogens (tertiary/aromatic N) is 4. The molecule has 1 heterocycles. The van der Waals surface area contributed by atoms with Crippen molar-refractivity contribution >= 4 is 5.97 Å². The zero-order chi connectivity index (χ0) is 13.8. The second-order valence-electron chi connectivity index (χ2n) is 5.94. The van der Waals surface area contributed by atoms with Crippen LogP contribution in [-0.4, -0.2) is 43.2 Å². The maximum Gasteiger partial charge on any atom is 0.323 e. The molecule has 0 N–H and O–H groups in total. The zero-order valence-electron chi connectivity index (χ0n) is 11.6. The Kier molecular flexibility index (Phi) is 4.99.